The molecule has 0 fully saturated rings. The Morgan fingerprint density at radius 2 is 1.76 bits per heavy atom. The molecule has 7 heteroatoms. The van der Waals surface area contributed by atoms with Crippen molar-refractivity contribution < 1.29 is 19.1 Å². The summed E-state index contributed by atoms with van der Waals surface area (Å²) in [6, 6.07) is 20.6. The topological polar surface area (TPSA) is 72.8 Å². The molecule has 0 spiro atoms. The molecular weight excluding hydrogens is 478 g/mol. The lowest BCUT2D eigenvalue weighted by molar-refractivity contribution is -0.127. The summed E-state index contributed by atoms with van der Waals surface area (Å²) in [7, 11) is 1.71. The second kappa shape index (κ2) is 10.6. The summed E-state index contributed by atoms with van der Waals surface area (Å²) in [5.74, 6) is 0.868. The van der Waals surface area contributed by atoms with Gasteiger partial charge in [-0.15, -0.1) is 0 Å². The smallest absolute Gasteiger partial charge is 0.249 e. The highest BCUT2D eigenvalue weighted by Gasteiger charge is 2.27. The molecule has 0 saturated carbocycles. The summed E-state index contributed by atoms with van der Waals surface area (Å²) < 4.78 is 13.1. The highest BCUT2D eigenvalue weighted by atomic mass is 16.7. The van der Waals surface area contributed by atoms with E-state index in [1.54, 1.807) is 24.1 Å². The quantitative estimate of drug-likeness (QED) is 0.364. The zero-order chi connectivity index (χ0) is 26.8. The van der Waals surface area contributed by atoms with E-state index in [9.17, 15) is 9.59 Å². The van der Waals surface area contributed by atoms with Gasteiger partial charge in [0.15, 0.2) is 11.5 Å². The zero-order valence-corrected chi connectivity index (χ0v) is 22.3. The molecule has 0 saturated heterocycles. The minimum Gasteiger partial charge on any atom is -0.454 e. The van der Waals surface area contributed by atoms with Crippen LogP contribution in [0, 0.1) is 13.8 Å². The molecule has 0 radical (unpaired) electrons. The first-order chi connectivity index (χ1) is 18.4. The predicted octanol–water partition coefficient (Wildman–Crippen LogP) is 4.94. The van der Waals surface area contributed by atoms with Gasteiger partial charge in [0.05, 0.1) is 11.9 Å². The first kappa shape index (κ1) is 25.4. The molecular formula is C31H33N3O4. The number of nitrogens with zero attached hydrogens (tertiary/aromatic N) is 2. The Morgan fingerprint density at radius 3 is 2.53 bits per heavy atom. The first-order valence-corrected chi connectivity index (χ1v) is 12.9. The summed E-state index contributed by atoms with van der Waals surface area (Å²) in [6.45, 7) is 7.26. The van der Waals surface area contributed by atoms with E-state index in [-0.39, 0.29) is 25.0 Å². The van der Waals surface area contributed by atoms with Crippen molar-refractivity contribution in [2.24, 2.45) is 0 Å². The fourth-order valence-electron chi connectivity index (χ4n) is 5.32. The normalized spacial score (nSPS) is 12.9. The largest absolute Gasteiger partial charge is 0.454 e. The number of rotatable bonds is 8. The fourth-order valence-corrected chi connectivity index (χ4v) is 5.32. The van der Waals surface area contributed by atoms with E-state index in [4.69, 9.17) is 9.47 Å². The van der Waals surface area contributed by atoms with Crippen molar-refractivity contribution in [2.75, 3.05) is 18.7 Å². The lowest BCUT2D eigenvalue weighted by atomic mass is 10.0. The van der Waals surface area contributed by atoms with Gasteiger partial charge in [0.2, 0.25) is 18.6 Å². The molecule has 2 amide bonds. The number of hydrogen-bond acceptors (Lipinski definition) is 4. The number of anilines is 1. The Balaban J connectivity index is 1.41. The molecule has 1 aliphatic heterocycles. The standard InChI is InChI=1S/C31H33N3O4/c1-5-34-21(3)25(24-13-9-10-20(2)30(24)34)18-29(35)32-26(16-22-11-7-6-8-12-22)31(36)33(4)23-14-15-27-28(17-23)38-19-37-27/h6-15,17,26H,5,16,18-19H2,1-4H3,(H,32,35)/t26-/m0/s1. The molecule has 0 bridgehead atoms. The third-order valence-corrected chi connectivity index (χ3v) is 7.32. The van der Waals surface area contributed by atoms with Crippen LogP contribution in [0.5, 0.6) is 11.5 Å². The van der Waals surface area contributed by atoms with Crippen LogP contribution in [0.1, 0.15) is 29.3 Å². The highest BCUT2D eigenvalue weighted by molar-refractivity contribution is 6.00. The van der Waals surface area contributed by atoms with Gasteiger partial charge in [0.25, 0.3) is 0 Å². The van der Waals surface area contributed by atoms with E-state index < -0.39 is 6.04 Å². The van der Waals surface area contributed by atoms with E-state index in [0.29, 0.717) is 23.6 Å². The number of hydrogen-bond donors (Lipinski definition) is 1. The minimum absolute atomic E-state index is 0.163. The molecule has 4 aromatic rings. The molecule has 5 rings (SSSR count). The molecule has 0 aliphatic carbocycles. The maximum absolute atomic E-state index is 13.7. The summed E-state index contributed by atoms with van der Waals surface area (Å²) in [4.78, 5) is 28.8. The van der Waals surface area contributed by atoms with E-state index in [0.717, 1.165) is 34.3 Å². The molecule has 38 heavy (non-hydrogen) atoms. The number of para-hydroxylation sites is 1. The maximum Gasteiger partial charge on any atom is 0.249 e. The van der Waals surface area contributed by atoms with Crippen LogP contribution < -0.4 is 19.7 Å². The number of amides is 2. The second-order valence-corrected chi connectivity index (χ2v) is 9.70. The third-order valence-electron chi connectivity index (χ3n) is 7.32. The zero-order valence-electron chi connectivity index (χ0n) is 22.3. The average Bonchev–Trinajstić information content (AvgIpc) is 3.50. The molecule has 1 aliphatic rings. The van der Waals surface area contributed by atoms with Crippen LogP contribution in [-0.4, -0.2) is 36.3 Å². The molecule has 1 aromatic heterocycles. The van der Waals surface area contributed by atoms with Crippen LogP contribution in [0.4, 0.5) is 5.69 Å². The Morgan fingerprint density at radius 1 is 1.00 bits per heavy atom. The predicted molar refractivity (Wildman–Crippen MR) is 149 cm³/mol. The van der Waals surface area contributed by atoms with Gasteiger partial charge in [-0.2, -0.15) is 0 Å². The van der Waals surface area contributed by atoms with Crippen LogP contribution >= 0.6 is 0 Å². The average molecular weight is 512 g/mol. The summed E-state index contributed by atoms with van der Waals surface area (Å²) in [5, 5.41) is 4.14. The Kier molecular flexibility index (Phi) is 7.09. The van der Waals surface area contributed by atoms with Crippen molar-refractivity contribution in [3.05, 3.63) is 89.1 Å². The summed E-state index contributed by atoms with van der Waals surface area (Å²) >= 11 is 0. The lowest BCUT2D eigenvalue weighted by Gasteiger charge is -2.25. The second-order valence-electron chi connectivity index (χ2n) is 9.70. The number of nitrogens with one attached hydrogen (secondary N) is 1. The van der Waals surface area contributed by atoms with Gasteiger partial charge < -0.3 is 24.3 Å². The SMILES string of the molecule is CCn1c(C)c(CC(=O)N[C@@H](Cc2ccccc2)C(=O)N(C)c2ccc3c(c2)OCO3)c2cccc(C)c21. The van der Waals surface area contributed by atoms with E-state index in [2.05, 4.69) is 42.8 Å². The molecule has 0 unspecified atom stereocenters. The monoisotopic (exact) mass is 511 g/mol. The maximum atomic E-state index is 13.7. The Hall–Kier alpha value is -4.26. The summed E-state index contributed by atoms with van der Waals surface area (Å²) in [5.41, 5.74) is 6.06. The van der Waals surface area contributed by atoms with E-state index >= 15 is 0 Å². The number of aromatic nitrogens is 1. The van der Waals surface area contributed by atoms with Gasteiger partial charge in [0, 0.05) is 42.8 Å². The molecule has 196 valence electrons. The van der Waals surface area contributed by atoms with Gasteiger partial charge >= 0.3 is 0 Å². The van der Waals surface area contributed by atoms with Crippen LogP contribution in [0.3, 0.4) is 0 Å². The minimum atomic E-state index is -0.734. The van der Waals surface area contributed by atoms with Gasteiger partial charge in [0.1, 0.15) is 6.04 Å². The third kappa shape index (κ3) is 4.84. The van der Waals surface area contributed by atoms with Gasteiger partial charge in [-0.25, -0.2) is 0 Å². The van der Waals surface area contributed by atoms with Crippen molar-refractivity contribution in [3.63, 3.8) is 0 Å². The molecule has 1 N–H and O–H groups in total. The van der Waals surface area contributed by atoms with Crippen molar-refractivity contribution in [2.45, 2.75) is 46.2 Å². The van der Waals surface area contributed by atoms with Crippen LogP contribution in [-0.2, 0) is 29.0 Å². The van der Waals surface area contributed by atoms with Crippen molar-refractivity contribution in [3.8, 4) is 11.5 Å². The number of benzene rings is 3. The van der Waals surface area contributed by atoms with E-state index in [1.165, 1.54) is 5.56 Å². The molecule has 7 nitrogen and oxygen atoms in total. The van der Waals surface area contributed by atoms with Crippen molar-refractivity contribution >= 4 is 28.4 Å². The Labute approximate surface area is 223 Å². The van der Waals surface area contributed by atoms with Gasteiger partial charge in [-0.05, 0) is 49.6 Å². The number of fused-ring (bicyclic) bond motifs is 2. The number of likely N-dealkylation sites (N-methyl/N-ethyl adjacent to an activating group) is 1. The number of aryl methyl sites for hydroxylation is 2. The highest BCUT2D eigenvalue weighted by Crippen LogP contribution is 2.35. The molecule has 1 atom stereocenters. The first-order valence-electron chi connectivity index (χ1n) is 12.9. The molecule has 2 heterocycles. The van der Waals surface area contributed by atoms with Gasteiger partial charge in [-0.1, -0.05) is 48.5 Å². The number of ether oxygens (including phenoxy) is 2. The fraction of sp³-hybridized carbons (Fsp3) is 0.290. The van der Waals surface area contributed by atoms with E-state index in [1.807, 2.05) is 42.5 Å². The van der Waals surface area contributed by atoms with Crippen molar-refractivity contribution in [1.82, 2.24) is 9.88 Å². The summed E-state index contributed by atoms with van der Waals surface area (Å²) in [6.07, 6.45) is 0.584. The van der Waals surface area contributed by atoms with Crippen molar-refractivity contribution in [1.29, 1.82) is 0 Å². The lowest BCUT2D eigenvalue weighted by Crippen LogP contribution is -2.49. The van der Waals surface area contributed by atoms with Crippen LogP contribution in [0.2, 0.25) is 0 Å². The van der Waals surface area contributed by atoms with Crippen LogP contribution in [0.15, 0.2) is 66.7 Å². The van der Waals surface area contributed by atoms with Gasteiger partial charge in [-0.3, -0.25) is 9.59 Å². The molecule has 3 aromatic carbocycles. The number of carbonyl (C=O) groups is 2. The van der Waals surface area contributed by atoms with Crippen LogP contribution in [0.25, 0.3) is 10.9 Å². The Bertz CT molecular complexity index is 1490. The number of carbonyl (C=O) groups excluding carboxylic acids is 2.